The second-order valence-corrected chi connectivity index (χ2v) is 8.78. The second kappa shape index (κ2) is 9.76. The maximum atomic E-state index is 14.0. The molecule has 2 fully saturated rings. The molecule has 2 aliphatic carbocycles. The molecule has 0 N–H and O–H groups in total. The fraction of sp³-hybridized carbons (Fsp3) is 0.750. The highest BCUT2D eigenvalue weighted by atomic mass is 19.1. The van der Waals surface area contributed by atoms with Crippen LogP contribution in [-0.4, -0.2) is 7.11 Å². The normalized spacial score (nSPS) is 29.5. The van der Waals surface area contributed by atoms with E-state index in [2.05, 4.69) is 13.0 Å². The molecule has 2 heteroatoms. The summed E-state index contributed by atoms with van der Waals surface area (Å²) in [7, 11) is 1.53. The van der Waals surface area contributed by atoms with Gasteiger partial charge < -0.3 is 4.74 Å². The van der Waals surface area contributed by atoms with Gasteiger partial charge in [-0.05, 0) is 79.9 Å². The summed E-state index contributed by atoms with van der Waals surface area (Å²) < 4.78 is 19.0. The third-order valence-electron chi connectivity index (χ3n) is 7.19. The third kappa shape index (κ3) is 5.02. The predicted octanol–water partition coefficient (Wildman–Crippen LogP) is 7.49. The molecule has 0 radical (unpaired) electrons. The van der Waals surface area contributed by atoms with Gasteiger partial charge in [0.2, 0.25) is 0 Å². The first-order valence-electron chi connectivity index (χ1n) is 11.0. The summed E-state index contributed by atoms with van der Waals surface area (Å²) in [5.41, 5.74) is 1.17. The first kappa shape index (κ1) is 19.7. The predicted molar refractivity (Wildman–Crippen MR) is 107 cm³/mol. The minimum absolute atomic E-state index is 0.214. The van der Waals surface area contributed by atoms with Gasteiger partial charge in [-0.1, -0.05) is 51.5 Å². The van der Waals surface area contributed by atoms with Gasteiger partial charge in [0.05, 0.1) is 7.11 Å². The molecule has 0 bridgehead atoms. The lowest BCUT2D eigenvalue weighted by atomic mass is 9.68. The van der Waals surface area contributed by atoms with Crippen LogP contribution in [0.5, 0.6) is 5.75 Å². The molecule has 146 valence electrons. The smallest absolute Gasteiger partial charge is 0.165 e. The van der Waals surface area contributed by atoms with Crippen LogP contribution in [-0.2, 0) is 0 Å². The van der Waals surface area contributed by atoms with E-state index in [9.17, 15) is 4.39 Å². The van der Waals surface area contributed by atoms with Crippen molar-refractivity contribution in [3.8, 4) is 5.75 Å². The zero-order valence-electron chi connectivity index (χ0n) is 16.8. The molecule has 0 unspecified atom stereocenters. The van der Waals surface area contributed by atoms with Crippen molar-refractivity contribution in [2.75, 3.05) is 7.11 Å². The van der Waals surface area contributed by atoms with E-state index in [0.29, 0.717) is 11.7 Å². The molecule has 1 aromatic carbocycles. The molecule has 2 aliphatic rings. The second-order valence-electron chi connectivity index (χ2n) is 8.78. The Labute approximate surface area is 159 Å². The zero-order valence-corrected chi connectivity index (χ0v) is 16.8. The van der Waals surface area contributed by atoms with Gasteiger partial charge in [0.15, 0.2) is 11.6 Å². The third-order valence-corrected chi connectivity index (χ3v) is 7.19. The fourth-order valence-electron chi connectivity index (χ4n) is 5.49. The molecule has 1 aromatic rings. The van der Waals surface area contributed by atoms with Crippen LogP contribution in [0.4, 0.5) is 4.39 Å². The van der Waals surface area contributed by atoms with Gasteiger partial charge in [-0.25, -0.2) is 4.39 Å². The molecular weight excluding hydrogens is 323 g/mol. The molecule has 0 atom stereocenters. The quantitative estimate of drug-likeness (QED) is 0.457. The fourth-order valence-corrected chi connectivity index (χ4v) is 5.49. The van der Waals surface area contributed by atoms with Crippen molar-refractivity contribution in [1.29, 1.82) is 0 Å². The SMILES string of the molecule is CCCCCC1CCC(C2CCC(c3ccc(OC)c(F)c3)CC2)CC1. The topological polar surface area (TPSA) is 9.23 Å². The van der Waals surface area contributed by atoms with E-state index in [4.69, 9.17) is 4.74 Å². The van der Waals surface area contributed by atoms with Gasteiger partial charge >= 0.3 is 0 Å². The Morgan fingerprint density at radius 2 is 1.58 bits per heavy atom. The minimum Gasteiger partial charge on any atom is -0.494 e. The van der Waals surface area contributed by atoms with Crippen molar-refractivity contribution < 1.29 is 9.13 Å². The van der Waals surface area contributed by atoms with Gasteiger partial charge in [0.1, 0.15) is 0 Å². The highest BCUT2D eigenvalue weighted by molar-refractivity contribution is 5.31. The van der Waals surface area contributed by atoms with E-state index in [-0.39, 0.29) is 5.82 Å². The minimum atomic E-state index is -0.214. The molecule has 0 spiro atoms. The van der Waals surface area contributed by atoms with E-state index in [0.717, 1.165) is 17.8 Å². The monoisotopic (exact) mass is 360 g/mol. The van der Waals surface area contributed by atoms with Crippen LogP contribution in [0, 0.1) is 23.6 Å². The average Bonchev–Trinajstić information content (AvgIpc) is 2.69. The number of halogens is 1. The molecular formula is C24H37FO. The molecule has 26 heavy (non-hydrogen) atoms. The summed E-state index contributed by atoms with van der Waals surface area (Å²) in [6, 6.07) is 5.55. The van der Waals surface area contributed by atoms with Crippen molar-refractivity contribution in [1.82, 2.24) is 0 Å². The largest absolute Gasteiger partial charge is 0.494 e. The number of ether oxygens (including phenoxy) is 1. The molecule has 0 heterocycles. The van der Waals surface area contributed by atoms with Crippen LogP contribution < -0.4 is 4.74 Å². The lowest BCUT2D eigenvalue weighted by Crippen LogP contribution is -2.25. The summed E-state index contributed by atoms with van der Waals surface area (Å²) in [5.74, 6) is 3.58. The maximum absolute atomic E-state index is 14.0. The van der Waals surface area contributed by atoms with E-state index >= 15 is 0 Å². The van der Waals surface area contributed by atoms with Crippen molar-refractivity contribution >= 4 is 0 Å². The molecule has 0 saturated heterocycles. The number of methoxy groups -OCH3 is 1. The van der Waals surface area contributed by atoms with E-state index < -0.39 is 0 Å². The molecule has 0 amide bonds. The van der Waals surface area contributed by atoms with E-state index in [1.807, 2.05) is 0 Å². The van der Waals surface area contributed by atoms with Crippen LogP contribution in [0.1, 0.15) is 95.5 Å². The van der Waals surface area contributed by atoms with Crippen molar-refractivity contribution in [3.63, 3.8) is 0 Å². The number of rotatable bonds is 7. The van der Waals surface area contributed by atoms with Gasteiger partial charge in [-0.15, -0.1) is 0 Å². The summed E-state index contributed by atoms with van der Waals surface area (Å²) in [6.07, 6.45) is 16.7. The number of unbranched alkanes of at least 4 members (excludes halogenated alkanes) is 2. The highest BCUT2D eigenvalue weighted by Crippen LogP contribution is 2.44. The van der Waals surface area contributed by atoms with Crippen molar-refractivity contribution in [2.45, 2.75) is 89.9 Å². The van der Waals surface area contributed by atoms with Crippen molar-refractivity contribution in [2.24, 2.45) is 17.8 Å². The highest BCUT2D eigenvalue weighted by Gasteiger charge is 2.31. The van der Waals surface area contributed by atoms with E-state index in [1.165, 1.54) is 89.7 Å². The first-order chi connectivity index (χ1) is 12.7. The van der Waals surface area contributed by atoms with Crippen LogP contribution in [0.2, 0.25) is 0 Å². The Kier molecular flexibility index (Phi) is 7.40. The van der Waals surface area contributed by atoms with Crippen LogP contribution in [0.15, 0.2) is 18.2 Å². The Hall–Kier alpha value is -1.05. The molecule has 0 aromatic heterocycles. The van der Waals surface area contributed by atoms with Crippen molar-refractivity contribution in [3.05, 3.63) is 29.6 Å². The van der Waals surface area contributed by atoms with E-state index in [1.54, 1.807) is 12.1 Å². The molecule has 2 saturated carbocycles. The Bertz CT molecular complexity index is 539. The zero-order chi connectivity index (χ0) is 18.4. The standard InChI is InChI=1S/C24H37FO/c1-3-4-5-6-18-7-9-19(10-8-18)20-11-13-21(14-12-20)22-15-16-24(26-2)23(25)17-22/h15-21H,3-14H2,1-2H3. The van der Waals surface area contributed by atoms with Crippen LogP contribution in [0.25, 0.3) is 0 Å². The van der Waals surface area contributed by atoms with Gasteiger partial charge in [-0.3, -0.25) is 0 Å². The molecule has 1 nitrogen and oxygen atoms in total. The summed E-state index contributed by atoms with van der Waals surface area (Å²) in [5, 5.41) is 0. The lowest BCUT2D eigenvalue weighted by molar-refractivity contribution is 0.155. The maximum Gasteiger partial charge on any atom is 0.165 e. The Morgan fingerprint density at radius 1 is 0.923 bits per heavy atom. The molecule has 3 rings (SSSR count). The number of benzene rings is 1. The Morgan fingerprint density at radius 3 is 2.15 bits per heavy atom. The lowest BCUT2D eigenvalue weighted by Gasteiger charge is -2.38. The summed E-state index contributed by atoms with van der Waals surface area (Å²) in [6.45, 7) is 2.30. The first-order valence-corrected chi connectivity index (χ1v) is 11.0. The number of hydrogen-bond acceptors (Lipinski definition) is 1. The summed E-state index contributed by atoms with van der Waals surface area (Å²) in [4.78, 5) is 0. The van der Waals surface area contributed by atoms with Crippen LogP contribution in [0.3, 0.4) is 0 Å². The Balaban J connectivity index is 1.43. The van der Waals surface area contributed by atoms with Gasteiger partial charge in [0.25, 0.3) is 0 Å². The molecule has 0 aliphatic heterocycles. The van der Waals surface area contributed by atoms with Crippen LogP contribution >= 0.6 is 0 Å². The average molecular weight is 361 g/mol. The van der Waals surface area contributed by atoms with Gasteiger partial charge in [0, 0.05) is 0 Å². The summed E-state index contributed by atoms with van der Waals surface area (Å²) >= 11 is 0. The number of hydrogen-bond donors (Lipinski definition) is 0. The van der Waals surface area contributed by atoms with Gasteiger partial charge in [-0.2, -0.15) is 0 Å².